The fraction of sp³-hybridized carbons (Fsp3) is 0.923. The molecule has 76 valence electrons. The molecule has 4 atom stereocenters. The first-order valence-corrected chi connectivity index (χ1v) is 6.09. The van der Waals surface area contributed by atoms with Gasteiger partial charge < -0.3 is 0 Å². The summed E-state index contributed by atoms with van der Waals surface area (Å²) in [5, 5.41) is 0. The predicted molar refractivity (Wildman–Crippen MR) is 53.7 cm³/mol. The number of ketones is 1. The van der Waals surface area contributed by atoms with Crippen LogP contribution in [-0.4, -0.2) is 5.78 Å². The normalized spacial score (nSPS) is 61.4. The Balaban J connectivity index is 1.93. The lowest BCUT2D eigenvalue weighted by Crippen LogP contribution is -2.24. The average Bonchev–Trinajstić information content (AvgIpc) is 2.32. The van der Waals surface area contributed by atoms with Gasteiger partial charge in [0.2, 0.25) is 0 Å². The maximum atomic E-state index is 12.2. The van der Waals surface area contributed by atoms with Crippen LogP contribution in [0.15, 0.2) is 0 Å². The van der Waals surface area contributed by atoms with Crippen LogP contribution in [0.3, 0.4) is 0 Å². The highest BCUT2D eigenvalue weighted by atomic mass is 16.1. The van der Waals surface area contributed by atoms with Gasteiger partial charge >= 0.3 is 0 Å². The molecule has 4 bridgehead atoms. The Morgan fingerprint density at radius 1 is 1.29 bits per heavy atom. The van der Waals surface area contributed by atoms with Gasteiger partial charge in [-0.15, -0.1) is 0 Å². The zero-order valence-electron chi connectivity index (χ0n) is 9.10. The maximum absolute atomic E-state index is 12.2. The summed E-state index contributed by atoms with van der Waals surface area (Å²) in [6.07, 6.45) is 6.07. The number of rotatable bonds is 0. The molecule has 1 nitrogen and oxygen atoms in total. The van der Waals surface area contributed by atoms with Crippen LogP contribution in [0, 0.1) is 28.1 Å². The van der Waals surface area contributed by atoms with Crippen LogP contribution in [0.2, 0.25) is 0 Å². The molecule has 0 aromatic heterocycles. The van der Waals surface area contributed by atoms with Crippen LogP contribution in [0.4, 0.5) is 0 Å². The molecule has 0 saturated heterocycles. The van der Waals surface area contributed by atoms with E-state index in [1.54, 1.807) is 0 Å². The quantitative estimate of drug-likeness (QED) is 0.574. The zero-order valence-corrected chi connectivity index (χ0v) is 9.10. The van der Waals surface area contributed by atoms with Gasteiger partial charge in [-0.3, -0.25) is 4.79 Å². The highest BCUT2D eigenvalue weighted by Crippen LogP contribution is 2.94. The molecule has 5 aliphatic carbocycles. The van der Waals surface area contributed by atoms with E-state index in [1.165, 1.54) is 25.7 Å². The molecule has 5 rings (SSSR count). The van der Waals surface area contributed by atoms with Gasteiger partial charge in [0.25, 0.3) is 0 Å². The zero-order chi connectivity index (χ0) is 9.77. The first kappa shape index (κ1) is 7.90. The molecule has 2 spiro atoms. The molecule has 0 N–H and O–H groups in total. The molecule has 4 unspecified atom stereocenters. The van der Waals surface area contributed by atoms with Gasteiger partial charge in [-0.2, -0.15) is 0 Å². The van der Waals surface area contributed by atoms with Crippen molar-refractivity contribution >= 4 is 5.78 Å². The van der Waals surface area contributed by atoms with Gasteiger partial charge in [0.15, 0.2) is 0 Å². The van der Waals surface area contributed by atoms with E-state index in [4.69, 9.17) is 0 Å². The van der Waals surface area contributed by atoms with Crippen LogP contribution in [0.1, 0.15) is 46.0 Å². The van der Waals surface area contributed by atoms with Crippen molar-refractivity contribution < 1.29 is 4.79 Å². The van der Waals surface area contributed by atoms with E-state index >= 15 is 0 Å². The Hall–Kier alpha value is -0.330. The Morgan fingerprint density at radius 3 is 2.71 bits per heavy atom. The number of carbonyl (C=O) groups is 1. The Labute approximate surface area is 85.3 Å². The summed E-state index contributed by atoms with van der Waals surface area (Å²) in [6.45, 7) is 4.83. The van der Waals surface area contributed by atoms with E-state index in [-0.39, 0.29) is 5.41 Å². The average molecular weight is 190 g/mol. The third kappa shape index (κ3) is 0.461. The van der Waals surface area contributed by atoms with E-state index in [2.05, 4.69) is 13.8 Å². The standard InChI is InChI=1S/C13H18O/c1-11(2)8-6-12-5-3-4-9(14)13(12,7-8)10(11)12/h8,10H,3-7H2,1-2H3. The highest BCUT2D eigenvalue weighted by Gasteiger charge is 2.92. The summed E-state index contributed by atoms with van der Waals surface area (Å²) in [7, 11) is 0. The van der Waals surface area contributed by atoms with Gasteiger partial charge in [0, 0.05) is 11.8 Å². The molecule has 0 aliphatic heterocycles. The Bertz CT molecular complexity index is 356. The van der Waals surface area contributed by atoms with E-state index < -0.39 is 0 Å². The molecule has 0 amide bonds. The summed E-state index contributed by atoms with van der Waals surface area (Å²) in [4.78, 5) is 12.2. The first-order valence-electron chi connectivity index (χ1n) is 6.09. The third-order valence-electron chi connectivity index (χ3n) is 6.35. The van der Waals surface area contributed by atoms with Gasteiger partial charge in [0.05, 0.1) is 0 Å². The highest BCUT2D eigenvalue weighted by molar-refractivity contribution is 5.92. The number of hydrogen-bond donors (Lipinski definition) is 0. The second-order valence-corrected chi connectivity index (χ2v) is 6.76. The largest absolute Gasteiger partial charge is 0.299 e. The van der Waals surface area contributed by atoms with Crippen molar-refractivity contribution in [1.82, 2.24) is 0 Å². The van der Waals surface area contributed by atoms with Crippen molar-refractivity contribution in [2.75, 3.05) is 0 Å². The molecular weight excluding hydrogens is 172 g/mol. The van der Waals surface area contributed by atoms with Crippen molar-refractivity contribution in [3.05, 3.63) is 0 Å². The summed E-state index contributed by atoms with van der Waals surface area (Å²) in [5.41, 5.74) is 1.23. The maximum Gasteiger partial charge on any atom is 0.139 e. The topological polar surface area (TPSA) is 17.1 Å². The molecule has 0 aromatic rings. The summed E-state index contributed by atoms with van der Waals surface area (Å²) >= 11 is 0. The minimum atomic E-state index is 0.222. The number of hydrogen-bond acceptors (Lipinski definition) is 1. The molecule has 5 aliphatic rings. The van der Waals surface area contributed by atoms with Crippen molar-refractivity contribution in [2.45, 2.75) is 46.0 Å². The van der Waals surface area contributed by atoms with Gasteiger partial charge in [0.1, 0.15) is 5.78 Å². The summed E-state index contributed by atoms with van der Waals surface area (Å²) < 4.78 is 0. The van der Waals surface area contributed by atoms with Gasteiger partial charge in [-0.05, 0) is 48.3 Å². The monoisotopic (exact) mass is 190 g/mol. The third-order valence-corrected chi connectivity index (χ3v) is 6.35. The molecule has 14 heavy (non-hydrogen) atoms. The van der Waals surface area contributed by atoms with Crippen LogP contribution in [-0.2, 0) is 4.79 Å². The van der Waals surface area contributed by atoms with E-state index in [0.717, 1.165) is 18.3 Å². The molecule has 0 heterocycles. The fourth-order valence-electron chi connectivity index (χ4n) is 6.11. The van der Waals surface area contributed by atoms with Crippen molar-refractivity contribution in [3.8, 4) is 0 Å². The lowest BCUT2D eigenvalue weighted by molar-refractivity contribution is -0.126. The number of Topliss-reactive ketones (excluding diaryl/α,β-unsaturated/α-hetero) is 1. The second-order valence-electron chi connectivity index (χ2n) is 6.76. The van der Waals surface area contributed by atoms with Crippen molar-refractivity contribution in [2.24, 2.45) is 28.1 Å². The minimum Gasteiger partial charge on any atom is -0.299 e. The van der Waals surface area contributed by atoms with Gasteiger partial charge in [-0.25, -0.2) is 0 Å². The second kappa shape index (κ2) is 1.72. The smallest absolute Gasteiger partial charge is 0.139 e. The van der Waals surface area contributed by atoms with E-state index in [9.17, 15) is 4.79 Å². The molecule has 5 fully saturated rings. The molecule has 0 radical (unpaired) electrons. The summed E-state index contributed by atoms with van der Waals surface area (Å²) in [6, 6.07) is 0. The van der Waals surface area contributed by atoms with Crippen LogP contribution in [0.25, 0.3) is 0 Å². The Kier molecular flexibility index (Phi) is 0.970. The summed E-state index contributed by atoms with van der Waals surface area (Å²) in [5.74, 6) is 2.29. The Morgan fingerprint density at radius 2 is 2.07 bits per heavy atom. The van der Waals surface area contributed by atoms with E-state index in [0.29, 0.717) is 16.6 Å². The van der Waals surface area contributed by atoms with Crippen molar-refractivity contribution in [1.29, 1.82) is 0 Å². The van der Waals surface area contributed by atoms with Crippen LogP contribution >= 0.6 is 0 Å². The lowest BCUT2D eigenvalue weighted by atomic mass is 9.81. The van der Waals surface area contributed by atoms with Gasteiger partial charge in [-0.1, -0.05) is 13.8 Å². The molecule has 5 saturated carbocycles. The SMILES string of the molecule is CC1(C)C2CC34CCCC(=O)C3(C2)C14. The van der Waals surface area contributed by atoms with Crippen molar-refractivity contribution in [3.63, 3.8) is 0 Å². The molecular formula is C13H18O. The fourth-order valence-corrected chi connectivity index (χ4v) is 6.11. The first-order chi connectivity index (χ1) is 6.56. The lowest BCUT2D eigenvalue weighted by Gasteiger charge is -2.22. The predicted octanol–water partition coefficient (Wildman–Crippen LogP) is 2.79. The van der Waals surface area contributed by atoms with Crippen LogP contribution in [0.5, 0.6) is 0 Å². The molecule has 1 heteroatoms. The number of carbonyl (C=O) groups excluding carboxylic acids is 1. The molecule has 0 aromatic carbocycles. The van der Waals surface area contributed by atoms with Crippen LogP contribution < -0.4 is 0 Å². The minimum absolute atomic E-state index is 0.222. The van der Waals surface area contributed by atoms with E-state index in [1.807, 2.05) is 0 Å².